The second-order valence-corrected chi connectivity index (χ2v) is 12.1. The molecular formula is C30H38Cl2N2O7. The van der Waals surface area contributed by atoms with Crippen molar-refractivity contribution in [2.75, 3.05) is 6.61 Å². The summed E-state index contributed by atoms with van der Waals surface area (Å²) in [5.41, 5.74) is -0.643. The largest absolute Gasteiger partial charge is 0.505 e. The Morgan fingerprint density at radius 2 is 1.73 bits per heavy atom. The number of phenolic OH excluding ortho intramolecular Hbond substituents is 1. The predicted molar refractivity (Wildman–Crippen MR) is 158 cm³/mol. The number of benzene rings is 2. The molecule has 2 aromatic rings. The van der Waals surface area contributed by atoms with Crippen molar-refractivity contribution < 1.29 is 33.7 Å². The number of carbonyl (C=O) groups excluding carboxylic acids is 3. The third-order valence-electron chi connectivity index (χ3n) is 5.36. The average Bonchev–Trinajstić information content (AvgIpc) is 2.87. The molecule has 0 heterocycles. The lowest BCUT2D eigenvalue weighted by Gasteiger charge is -2.27. The van der Waals surface area contributed by atoms with Crippen molar-refractivity contribution in [3.05, 3.63) is 63.8 Å². The smallest absolute Gasteiger partial charge is 0.329 e. The van der Waals surface area contributed by atoms with E-state index >= 15 is 0 Å². The Hall–Kier alpha value is -3.23. The molecule has 224 valence electrons. The van der Waals surface area contributed by atoms with Crippen LogP contribution in [0.1, 0.15) is 70.3 Å². The summed E-state index contributed by atoms with van der Waals surface area (Å²) in [4.78, 5) is 36.7. The molecule has 0 saturated carbocycles. The van der Waals surface area contributed by atoms with E-state index < -0.39 is 41.1 Å². The van der Waals surface area contributed by atoms with Crippen molar-refractivity contribution in [2.24, 2.45) is 0 Å². The zero-order valence-corrected chi connectivity index (χ0v) is 25.7. The van der Waals surface area contributed by atoms with Crippen LogP contribution in [-0.2, 0) is 25.5 Å². The first kappa shape index (κ1) is 34.0. The molecule has 0 aliphatic rings. The van der Waals surface area contributed by atoms with Gasteiger partial charge >= 0.3 is 5.97 Å². The number of aromatic hydroxyl groups is 1. The van der Waals surface area contributed by atoms with Gasteiger partial charge in [-0.2, -0.15) is 0 Å². The summed E-state index contributed by atoms with van der Waals surface area (Å²) in [5.74, 6) is -0.272. The second kappa shape index (κ2) is 15.1. The first-order valence-corrected chi connectivity index (χ1v) is 13.9. The van der Waals surface area contributed by atoms with Crippen LogP contribution in [0.3, 0.4) is 0 Å². The van der Waals surface area contributed by atoms with Gasteiger partial charge in [0.25, 0.3) is 5.91 Å². The first-order chi connectivity index (χ1) is 19.1. The number of phenols is 1. The molecule has 3 N–H and O–H groups in total. The molecule has 0 aliphatic carbocycles. The van der Waals surface area contributed by atoms with Crippen LogP contribution < -0.4 is 15.4 Å². The maximum Gasteiger partial charge on any atom is 0.329 e. The predicted octanol–water partition coefficient (Wildman–Crippen LogP) is 5.62. The van der Waals surface area contributed by atoms with Crippen molar-refractivity contribution in [2.45, 2.75) is 84.3 Å². The quantitative estimate of drug-likeness (QED) is 0.116. The molecule has 1 unspecified atom stereocenters. The molecule has 0 aliphatic heterocycles. The van der Waals surface area contributed by atoms with Crippen molar-refractivity contribution in [1.82, 2.24) is 10.6 Å². The highest BCUT2D eigenvalue weighted by atomic mass is 35.5. The zero-order chi connectivity index (χ0) is 30.8. The molecule has 0 aromatic heterocycles. The molecule has 2 aromatic carbocycles. The minimum absolute atomic E-state index is 0.000618. The van der Waals surface area contributed by atoms with Gasteiger partial charge in [0.2, 0.25) is 0 Å². The lowest BCUT2D eigenvalue weighted by Crippen LogP contribution is -2.45. The van der Waals surface area contributed by atoms with Crippen molar-refractivity contribution in [3.63, 3.8) is 0 Å². The van der Waals surface area contributed by atoms with Gasteiger partial charge < -0.3 is 30.0 Å². The maximum absolute atomic E-state index is 13.2. The third kappa shape index (κ3) is 11.7. The summed E-state index contributed by atoms with van der Waals surface area (Å²) in [6.07, 6.45) is 1.81. The minimum atomic E-state index is -1.04. The Balaban J connectivity index is 2.15. The van der Waals surface area contributed by atoms with Crippen molar-refractivity contribution in [1.29, 1.82) is 0 Å². The molecule has 0 fully saturated rings. The summed E-state index contributed by atoms with van der Waals surface area (Å²) < 4.78 is 17.1. The fourth-order valence-electron chi connectivity index (χ4n) is 3.72. The molecule has 2 atom stereocenters. The van der Waals surface area contributed by atoms with Crippen molar-refractivity contribution >= 4 is 41.0 Å². The normalized spacial score (nSPS) is 13.0. The van der Waals surface area contributed by atoms with Crippen LogP contribution in [0.5, 0.6) is 11.5 Å². The van der Waals surface area contributed by atoms with E-state index in [0.717, 1.165) is 11.8 Å². The van der Waals surface area contributed by atoms with E-state index in [9.17, 15) is 19.5 Å². The molecule has 9 nitrogen and oxygen atoms in total. The molecule has 41 heavy (non-hydrogen) atoms. The van der Waals surface area contributed by atoms with Gasteiger partial charge in [0.15, 0.2) is 11.5 Å². The second-order valence-electron chi connectivity index (χ2n) is 11.3. The van der Waals surface area contributed by atoms with Gasteiger partial charge in [-0.25, -0.2) is 9.59 Å². The molecule has 0 bridgehead atoms. The van der Waals surface area contributed by atoms with Gasteiger partial charge in [-0.05, 0) is 66.0 Å². The highest BCUT2D eigenvalue weighted by Gasteiger charge is 2.29. The van der Waals surface area contributed by atoms with Crippen LogP contribution in [0.15, 0.2) is 42.6 Å². The standard InChI is InChI=1S/C30H38Cl2N2O7/c1-29(2,3)40-23(33-14-15-35)13-10-16-39-26-21(31)18-20(25(36)24(26)32)27(37)34-22(28(38)41-30(4,5)6)17-19-11-8-7-9-12-19/h7-9,11-12,14,18,22-23,33,36H,10,13,16-17H2,1-6H3,(H,34,37)/t22-,23?/m0/s1. The number of rotatable bonds is 13. The topological polar surface area (TPSA) is 123 Å². The average molecular weight is 610 g/mol. The number of esters is 1. The Morgan fingerprint density at radius 3 is 2.32 bits per heavy atom. The summed E-state index contributed by atoms with van der Waals surface area (Å²) in [6.45, 7) is 11.0. The van der Waals surface area contributed by atoms with Crippen molar-refractivity contribution in [3.8, 4) is 11.5 Å². The Labute approximate surface area is 251 Å². The summed E-state index contributed by atoms with van der Waals surface area (Å²) >= 11 is 12.7. The molecule has 0 radical (unpaired) electrons. The van der Waals surface area contributed by atoms with Crippen LogP contribution in [0.2, 0.25) is 10.0 Å². The lowest BCUT2D eigenvalue weighted by molar-refractivity contribution is -0.157. The van der Waals surface area contributed by atoms with E-state index in [2.05, 4.69) is 10.6 Å². The van der Waals surface area contributed by atoms with Gasteiger partial charge in [-0.15, -0.1) is 0 Å². The summed E-state index contributed by atoms with van der Waals surface area (Å²) in [5, 5.41) is 16.0. The molecular weight excluding hydrogens is 571 g/mol. The maximum atomic E-state index is 13.2. The molecule has 1 amide bonds. The van der Waals surface area contributed by atoms with Crippen LogP contribution >= 0.6 is 23.2 Å². The van der Waals surface area contributed by atoms with Crippen LogP contribution in [-0.4, -0.2) is 53.0 Å². The lowest BCUT2D eigenvalue weighted by atomic mass is 10.0. The summed E-state index contributed by atoms with van der Waals surface area (Å²) in [6, 6.07) is 9.33. The number of ether oxygens (including phenoxy) is 3. The van der Waals surface area contributed by atoms with Crippen LogP contribution in [0.4, 0.5) is 0 Å². The van der Waals surface area contributed by atoms with Gasteiger partial charge in [-0.1, -0.05) is 53.5 Å². The molecule has 2 rings (SSSR count). The SMILES string of the molecule is CC(C)(C)OC(=O)[C@H](Cc1ccccc1)NC(=O)c1cc(Cl)c(OCCCC(NC=C=O)OC(C)(C)C)c(Cl)c1O. The Morgan fingerprint density at radius 1 is 1.07 bits per heavy atom. The number of carbonyl (C=O) groups is 2. The Kier molecular flexibility index (Phi) is 12.5. The Bertz CT molecular complexity index is 1230. The van der Waals surface area contributed by atoms with Gasteiger partial charge in [-0.3, -0.25) is 4.79 Å². The van der Waals surface area contributed by atoms with Gasteiger partial charge in [0, 0.05) is 6.42 Å². The molecule has 11 heteroatoms. The fourth-order valence-corrected chi connectivity index (χ4v) is 4.29. The summed E-state index contributed by atoms with van der Waals surface area (Å²) in [7, 11) is 0. The molecule has 0 spiro atoms. The zero-order valence-electron chi connectivity index (χ0n) is 24.2. The number of amides is 1. The highest BCUT2D eigenvalue weighted by molar-refractivity contribution is 6.39. The minimum Gasteiger partial charge on any atom is -0.505 e. The van der Waals surface area contributed by atoms with Crippen LogP contribution in [0, 0.1) is 0 Å². The first-order valence-electron chi connectivity index (χ1n) is 13.2. The number of hydrogen-bond acceptors (Lipinski definition) is 8. The van der Waals surface area contributed by atoms with Gasteiger partial charge in [0.05, 0.1) is 29.0 Å². The van der Waals surface area contributed by atoms with Crippen LogP contribution in [0.25, 0.3) is 0 Å². The van der Waals surface area contributed by atoms with E-state index in [4.69, 9.17) is 37.4 Å². The van der Waals surface area contributed by atoms with E-state index in [1.807, 2.05) is 51.1 Å². The monoisotopic (exact) mass is 608 g/mol. The highest BCUT2D eigenvalue weighted by Crippen LogP contribution is 2.42. The van der Waals surface area contributed by atoms with Gasteiger partial charge in [0.1, 0.15) is 28.8 Å². The van der Waals surface area contributed by atoms with E-state index in [1.54, 1.807) is 26.7 Å². The molecule has 0 saturated heterocycles. The number of hydrogen-bond donors (Lipinski definition) is 3. The fraction of sp³-hybridized carbons (Fsp3) is 0.467. The van der Waals surface area contributed by atoms with E-state index in [0.29, 0.717) is 12.8 Å². The van der Waals surface area contributed by atoms with E-state index in [1.165, 1.54) is 6.07 Å². The third-order valence-corrected chi connectivity index (χ3v) is 5.99. The van der Waals surface area contributed by atoms with E-state index in [-0.39, 0.29) is 34.4 Å². The number of halogens is 2. The number of nitrogens with one attached hydrogen (secondary N) is 2.